The fraction of sp³-hybridized carbons (Fsp3) is 0.772. The molecular weight excluding hydrogens is 781 g/mol. The first kappa shape index (κ1) is 60.1. The second-order valence-corrected chi connectivity index (χ2v) is 17.8. The van der Waals surface area contributed by atoms with E-state index in [4.69, 9.17) is 14.2 Å². The number of carbonyl (C=O) groups excluding carboxylic acids is 3. The van der Waals surface area contributed by atoms with Crippen molar-refractivity contribution in [2.45, 2.75) is 271 Å². The molecule has 1 atom stereocenters. The summed E-state index contributed by atoms with van der Waals surface area (Å²) in [6, 6.07) is 0. The summed E-state index contributed by atoms with van der Waals surface area (Å²) in [6.45, 7) is 6.54. The molecule has 0 aromatic rings. The average Bonchev–Trinajstić information content (AvgIpc) is 3.28. The molecule has 0 amide bonds. The third-order valence-electron chi connectivity index (χ3n) is 11.5. The van der Waals surface area contributed by atoms with Gasteiger partial charge in [0.15, 0.2) is 6.10 Å². The van der Waals surface area contributed by atoms with Gasteiger partial charge < -0.3 is 14.2 Å². The molecule has 0 saturated carbocycles. The lowest BCUT2D eigenvalue weighted by Crippen LogP contribution is -2.30. The topological polar surface area (TPSA) is 78.9 Å². The summed E-state index contributed by atoms with van der Waals surface area (Å²) >= 11 is 0. The molecule has 0 rings (SSSR count). The second kappa shape index (κ2) is 51.7. The Morgan fingerprint density at radius 1 is 0.317 bits per heavy atom. The molecule has 0 bridgehead atoms. The van der Waals surface area contributed by atoms with Crippen molar-refractivity contribution in [2.24, 2.45) is 0 Å². The molecule has 0 fully saturated rings. The smallest absolute Gasteiger partial charge is 0.306 e. The van der Waals surface area contributed by atoms with E-state index in [2.05, 4.69) is 81.5 Å². The van der Waals surface area contributed by atoms with Gasteiger partial charge in [0, 0.05) is 19.3 Å². The van der Waals surface area contributed by atoms with Crippen LogP contribution in [-0.4, -0.2) is 37.2 Å². The van der Waals surface area contributed by atoms with Crippen LogP contribution >= 0.6 is 0 Å². The van der Waals surface area contributed by atoms with Gasteiger partial charge in [0.05, 0.1) is 0 Å². The Bertz CT molecular complexity index is 1150. The van der Waals surface area contributed by atoms with Gasteiger partial charge in [0.25, 0.3) is 0 Å². The van der Waals surface area contributed by atoms with Crippen LogP contribution in [0.25, 0.3) is 0 Å². The predicted molar refractivity (Wildman–Crippen MR) is 270 cm³/mol. The molecule has 6 heteroatoms. The van der Waals surface area contributed by atoms with Gasteiger partial charge in [-0.2, -0.15) is 0 Å². The molecule has 0 N–H and O–H groups in total. The van der Waals surface area contributed by atoms with Crippen LogP contribution in [0, 0.1) is 0 Å². The maximum atomic E-state index is 12.8. The third kappa shape index (κ3) is 50.0. The van der Waals surface area contributed by atoms with Crippen LogP contribution in [-0.2, 0) is 28.6 Å². The number of hydrogen-bond donors (Lipinski definition) is 0. The first-order chi connectivity index (χ1) is 31.0. The fourth-order valence-corrected chi connectivity index (χ4v) is 7.37. The lowest BCUT2D eigenvalue weighted by atomic mass is 10.1. The Morgan fingerprint density at radius 2 is 0.587 bits per heavy atom. The lowest BCUT2D eigenvalue weighted by Gasteiger charge is -2.18. The maximum absolute atomic E-state index is 12.8. The molecule has 6 nitrogen and oxygen atoms in total. The Hall–Kier alpha value is -2.89. The van der Waals surface area contributed by atoms with E-state index < -0.39 is 6.10 Å². The molecule has 0 heterocycles. The van der Waals surface area contributed by atoms with Crippen molar-refractivity contribution in [3.8, 4) is 0 Å². The molecule has 0 radical (unpaired) electrons. The predicted octanol–water partition coefficient (Wildman–Crippen LogP) is 17.6. The molecule has 0 aliphatic rings. The van der Waals surface area contributed by atoms with Gasteiger partial charge in [-0.05, 0) is 103 Å². The third-order valence-corrected chi connectivity index (χ3v) is 11.5. The standard InChI is InChI=1S/C57H100O6/c1-4-7-10-13-16-19-22-24-26-27-28-29-31-32-35-38-41-44-47-50-56(59)62-53-54(52-61-55(58)49-46-43-40-37-34-21-18-15-12-9-6-3)63-57(60)51-48-45-42-39-36-33-30-25-23-20-17-14-11-8-5-2/h15-20,24-26,30,54H,4-14,21-23,27-29,31-53H2,1-3H3/b18-15-,19-16-,20-17-,26-24-,30-25-. The molecular formula is C57H100O6. The molecule has 63 heavy (non-hydrogen) atoms. The summed E-state index contributed by atoms with van der Waals surface area (Å²) in [5.74, 6) is -0.907. The quantitative estimate of drug-likeness (QED) is 0.0262. The van der Waals surface area contributed by atoms with E-state index in [0.29, 0.717) is 19.3 Å². The highest BCUT2D eigenvalue weighted by Gasteiger charge is 2.19. The molecule has 1 unspecified atom stereocenters. The molecule has 364 valence electrons. The van der Waals surface area contributed by atoms with E-state index in [1.54, 1.807) is 0 Å². The number of ether oxygens (including phenoxy) is 3. The Morgan fingerprint density at radius 3 is 0.937 bits per heavy atom. The highest BCUT2D eigenvalue weighted by molar-refractivity contribution is 5.71. The van der Waals surface area contributed by atoms with Crippen LogP contribution in [0.3, 0.4) is 0 Å². The lowest BCUT2D eigenvalue weighted by molar-refractivity contribution is -0.167. The molecule has 0 aliphatic heterocycles. The number of esters is 3. The maximum Gasteiger partial charge on any atom is 0.306 e. The molecule has 0 aromatic carbocycles. The minimum atomic E-state index is -0.785. The van der Waals surface area contributed by atoms with Crippen LogP contribution < -0.4 is 0 Å². The van der Waals surface area contributed by atoms with E-state index in [1.807, 2.05) is 0 Å². The van der Waals surface area contributed by atoms with Gasteiger partial charge in [-0.15, -0.1) is 0 Å². The van der Waals surface area contributed by atoms with Crippen molar-refractivity contribution in [2.75, 3.05) is 13.2 Å². The van der Waals surface area contributed by atoms with Gasteiger partial charge in [-0.3, -0.25) is 14.4 Å². The van der Waals surface area contributed by atoms with Crippen molar-refractivity contribution >= 4 is 17.9 Å². The summed E-state index contributed by atoms with van der Waals surface area (Å²) in [6.07, 6.45) is 63.4. The van der Waals surface area contributed by atoms with E-state index in [-0.39, 0.29) is 31.1 Å². The van der Waals surface area contributed by atoms with Gasteiger partial charge >= 0.3 is 17.9 Å². The summed E-state index contributed by atoms with van der Waals surface area (Å²) in [5, 5.41) is 0. The Balaban J connectivity index is 4.36. The molecule has 0 spiro atoms. The first-order valence-corrected chi connectivity index (χ1v) is 26.8. The number of allylic oxidation sites excluding steroid dienone is 10. The van der Waals surface area contributed by atoms with Gasteiger partial charge in [-0.1, -0.05) is 204 Å². The number of unbranched alkanes of at least 4 members (excludes halogenated alkanes) is 27. The van der Waals surface area contributed by atoms with Crippen LogP contribution in [0.1, 0.15) is 265 Å². The summed E-state index contributed by atoms with van der Waals surface area (Å²) in [4.78, 5) is 38.0. The van der Waals surface area contributed by atoms with Gasteiger partial charge in [0.2, 0.25) is 0 Å². The van der Waals surface area contributed by atoms with E-state index in [1.165, 1.54) is 128 Å². The molecule has 0 saturated heterocycles. The van der Waals surface area contributed by atoms with Crippen LogP contribution in [0.15, 0.2) is 60.8 Å². The number of carbonyl (C=O) groups is 3. The van der Waals surface area contributed by atoms with Crippen LogP contribution in [0.2, 0.25) is 0 Å². The van der Waals surface area contributed by atoms with E-state index >= 15 is 0 Å². The highest BCUT2D eigenvalue weighted by Crippen LogP contribution is 2.14. The molecule has 0 aliphatic carbocycles. The monoisotopic (exact) mass is 881 g/mol. The Labute approximate surface area is 390 Å². The minimum Gasteiger partial charge on any atom is -0.462 e. The Kier molecular flexibility index (Phi) is 49.4. The van der Waals surface area contributed by atoms with Crippen molar-refractivity contribution in [3.63, 3.8) is 0 Å². The summed E-state index contributed by atoms with van der Waals surface area (Å²) in [7, 11) is 0. The largest absolute Gasteiger partial charge is 0.462 e. The molecule has 0 aromatic heterocycles. The van der Waals surface area contributed by atoms with Crippen molar-refractivity contribution in [1.29, 1.82) is 0 Å². The first-order valence-electron chi connectivity index (χ1n) is 26.8. The zero-order valence-electron chi connectivity index (χ0n) is 41.6. The van der Waals surface area contributed by atoms with Gasteiger partial charge in [0.1, 0.15) is 13.2 Å². The van der Waals surface area contributed by atoms with Crippen molar-refractivity contribution in [1.82, 2.24) is 0 Å². The van der Waals surface area contributed by atoms with E-state index in [9.17, 15) is 14.4 Å². The van der Waals surface area contributed by atoms with Crippen molar-refractivity contribution < 1.29 is 28.6 Å². The zero-order valence-corrected chi connectivity index (χ0v) is 41.6. The van der Waals surface area contributed by atoms with Gasteiger partial charge in [-0.25, -0.2) is 0 Å². The van der Waals surface area contributed by atoms with E-state index in [0.717, 1.165) is 96.3 Å². The summed E-state index contributed by atoms with van der Waals surface area (Å²) < 4.78 is 16.8. The normalized spacial score (nSPS) is 12.5. The summed E-state index contributed by atoms with van der Waals surface area (Å²) in [5.41, 5.74) is 0. The van der Waals surface area contributed by atoms with Crippen LogP contribution in [0.5, 0.6) is 0 Å². The van der Waals surface area contributed by atoms with Crippen molar-refractivity contribution in [3.05, 3.63) is 60.8 Å². The fourth-order valence-electron chi connectivity index (χ4n) is 7.37. The highest BCUT2D eigenvalue weighted by atomic mass is 16.6. The number of rotatable bonds is 48. The second-order valence-electron chi connectivity index (χ2n) is 17.8. The minimum absolute atomic E-state index is 0.0844. The van der Waals surface area contributed by atoms with Crippen LogP contribution in [0.4, 0.5) is 0 Å². The average molecular weight is 881 g/mol. The zero-order chi connectivity index (χ0) is 45.8. The SMILES string of the molecule is CCCC/C=C\CCCCCCCC(=O)OCC(COC(=O)CCCCCCCCCCC/C=C\C/C=C\CCCCC)OC(=O)CCCCCCC/C=C\C/C=C\CCCCC. The number of hydrogen-bond acceptors (Lipinski definition) is 6.